The second-order valence-corrected chi connectivity index (χ2v) is 6.02. The van der Waals surface area contributed by atoms with Gasteiger partial charge < -0.3 is 9.73 Å². The topological polar surface area (TPSA) is 68.0 Å². The van der Waals surface area contributed by atoms with E-state index in [0.717, 1.165) is 17.0 Å². The number of aryl methyl sites for hydroxylation is 1. The largest absolute Gasteiger partial charge is 0.444 e. The predicted octanol–water partition coefficient (Wildman–Crippen LogP) is 3.48. The molecule has 24 heavy (non-hydrogen) atoms. The maximum absolute atomic E-state index is 11.7. The number of rotatable bonds is 6. The van der Waals surface area contributed by atoms with Crippen molar-refractivity contribution in [1.29, 1.82) is 0 Å². The van der Waals surface area contributed by atoms with Gasteiger partial charge in [0.05, 0.1) is 16.9 Å². The Morgan fingerprint density at radius 2 is 2.17 bits per heavy atom. The van der Waals surface area contributed by atoms with Gasteiger partial charge in [-0.05, 0) is 25.1 Å². The lowest BCUT2D eigenvalue weighted by atomic mass is 10.1. The van der Waals surface area contributed by atoms with Gasteiger partial charge in [0.15, 0.2) is 0 Å². The van der Waals surface area contributed by atoms with E-state index in [1.54, 1.807) is 17.8 Å². The Kier molecular flexibility index (Phi) is 5.18. The zero-order valence-corrected chi connectivity index (χ0v) is 14.0. The lowest BCUT2D eigenvalue weighted by molar-refractivity contribution is -0.116. The summed E-state index contributed by atoms with van der Waals surface area (Å²) in [5, 5.41) is 4.70. The normalized spacial score (nSPS) is 11.0. The number of aromatic nitrogens is 2. The summed E-state index contributed by atoms with van der Waals surface area (Å²) in [6.45, 7) is 2.54. The molecule has 0 saturated heterocycles. The number of amides is 1. The van der Waals surface area contributed by atoms with Crippen molar-refractivity contribution in [3.05, 3.63) is 64.4 Å². The monoisotopic (exact) mass is 339 g/mol. The SMILES string of the molecule is Cc1ccc(-c2nc(CCNC(=O)/C=C/c3cscn3)co2)cc1. The van der Waals surface area contributed by atoms with Gasteiger partial charge in [0.1, 0.15) is 6.26 Å². The first kappa shape index (κ1) is 16.1. The first-order valence-corrected chi connectivity index (χ1v) is 8.50. The van der Waals surface area contributed by atoms with E-state index in [9.17, 15) is 4.79 Å². The van der Waals surface area contributed by atoms with E-state index in [0.29, 0.717) is 18.9 Å². The van der Waals surface area contributed by atoms with Crippen LogP contribution in [-0.2, 0) is 11.2 Å². The Labute approximate surface area is 144 Å². The van der Waals surface area contributed by atoms with Crippen LogP contribution in [0.2, 0.25) is 0 Å². The molecule has 0 aliphatic rings. The van der Waals surface area contributed by atoms with Gasteiger partial charge in [-0.25, -0.2) is 9.97 Å². The standard InChI is InChI=1S/C18H17N3O2S/c1-13-2-4-14(5-3-13)18-21-15(10-23-18)8-9-19-17(22)7-6-16-11-24-12-20-16/h2-7,10-12H,8-9H2,1H3,(H,19,22)/b7-6+. The van der Waals surface area contributed by atoms with Crippen LogP contribution in [0.5, 0.6) is 0 Å². The molecule has 122 valence electrons. The van der Waals surface area contributed by atoms with Crippen molar-refractivity contribution in [3.8, 4) is 11.5 Å². The minimum absolute atomic E-state index is 0.148. The number of hydrogen-bond donors (Lipinski definition) is 1. The highest BCUT2D eigenvalue weighted by Gasteiger charge is 2.06. The summed E-state index contributed by atoms with van der Waals surface area (Å²) >= 11 is 1.49. The number of benzene rings is 1. The van der Waals surface area contributed by atoms with Crippen LogP contribution in [0.3, 0.4) is 0 Å². The number of nitrogens with zero attached hydrogens (tertiary/aromatic N) is 2. The summed E-state index contributed by atoms with van der Waals surface area (Å²) < 4.78 is 5.50. The fraction of sp³-hybridized carbons (Fsp3) is 0.167. The van der Waals surface area contributed by atoms with E-state index in [1.165, 1.54) is 23.0 Å². The van der Waals surface area contributed by atoms with Gasteiger partial charge in [0, 0.05) is 30.0 Å². The second-order valence-electron chi connectivity index (χ2n) is 5.30. The highest BCUT2D eigenvalue weighted by molar-refractivity contribution is 7.07. The quantitative estimate of drug-likeness (QED) is 0.698. The van der Waals surface area contributed by atoms with Crippen molar-refractivity contribution in [1.82, 2.24) is 15.3 Å². The number of carbonyl (C=O) groups is 1. The molecule has 2 aromatic heterocycles. The molecule has 0 unspecified atom stereocenters. The summed E-state index contributed by atoms with van der Waals surface area (Å²) in [4.78, 5) is 20.3. The molecule has 0 spiro atoms. The third-order valence-electron chi connectivity index (χ3n) is 3.39. The van der Waals surface area contributed by atoms with Gasteiger partial charge in [-0.15, -0.1) is 11.3 Å². The van der Waals surface area contributed by atoms with E-state index in [1.807, 2.05) is 36.6 Å². The third kappa shape index (κ3) is 4.39. The van der Waals surface area contributed by atoms with Crippen LogP contribution in [0.25, 0.3) is 17.5 Å². The smallest absolute Gasteiger partial charge is 0.244 e. The Morgan fingerprint density at radius 1 is 1.33 bits per heavy atom. The molecule has 0 aliphatic carbocycles. The van der Waals surface area contributed by atoms with Gasteiger partial charge in [-0.3, -0.25) is 4.79 Å². The first-order chi connectivity index (χ1) is 11.7. The predicted molar refractivity (Wildman–Crippen MR) is 94.5 cm³/mol. The minimum Gasteiger partial charge on any atom is -0.444 e. The summed E-state index contributed by atoms with van der Waals surface area (Å²) in [6, 6.07) is 8.01. The maximum atomic E-state index is 11.7. The number of nitrogens with one attached hydrogen (secondary N) is 1. The molecule has 3 rings (SSSR count). The van der Waals surface area contributed by atoms with Crippen molar-refractivity contribution in [3.63, 3.8) is 0 Å². The average molecular weight is 339 g/mol. The van der Waals surface area contributed by atoms with Crippen LogP contribution < -0.4 is 5.32 Å². The second kappa shape index (κ2) is 7.70. The molecule has 3 aromatic rings. The molecule has 2 heterocycles. The maximum Gasteiger partial charge on any atom is 0.244 e. The van der Waals surface area contributed by atoms with E-state index in [4.69, 9.17) is 4.42 Å². The van der Waals surface area contributed by atoms with E-state index in [2.05, 4.69) is 15.3 Å². The highest BCUT2D eigenvalue weighted by atomic mass is 32.1. The molecule has 1 amide bonds. The summed E-state index contributed by atoms with van der Waals surface area (Å²) in [7, 11) is 0. The molecule has 0 saturated carbocycles. The number of hydrogen-bond acceptors (Lipinski definition) is 5. The fourth-order valence-electron chi connectivity index (χ4n) is 2.09. The molecular weight excluding hydrogens is 322 g/mol. The average Bonchev–Trinajstić information content (AvgIpc) is 3.25. The first-order valence-electron chi connectivity index (χ1n) is 7.56. The molecule has 6 heteroatoms. The Balaban J connectivity index is 1.49. The molecule has 0 atom stereocenters. The van der Waals surface area contributed by atoms with Gasteiger partial charge in [-0.2, -0.15) is 0 Å². The molecular formula is C18H17N3O2S. The van der Waals surface area contributed by atoms with E-state index < -0.39 is 0 Å². The van der Waals surface area contributed by atoms with Crippen LogP contribution in [0.1, 0.15) is 17.0 Å². The lowest BCUT2D eigenvalue weighted by Gasteiger charge is -1.99. The minimum atomic E-state index is -0.148. The number of carbonyl (C=O) groups excluding carboxylic acids is 1. The van der Waals surface area contributed by atoms with E-state index in [-0.39, 0.29) is 5.91 Å². The van der Waals surface area contributed by atoms with Crippen LogP contribution in [0.15, 0.2) is 51.9 Å². The Hall–Kier alpha value is -2.73. The van der Waals surface area contributed by atoms with Crippen molar-refractivity contribution < 1.29 is 9.21 Å². The molecule has 1 N–H and O–H groups in total. The molecule has 0 aliphatic heterocycles. The van der Waals surface area contributed by atoms with Gasteiger partial charge in [0.2, 0.25) is 11.8 Å². The Morgan fingerprint density at radius 3 is 2.92 bits per heavy atom. The lowest BCUT2D eigenvalue weighted by Crippen LogP contribution is -2.23. The molecule has 0 bridgehead atoms. The zero-order valence-electron chi connectivity index (χ0n) is 13.2. The van der Waals surface area contributed by atoms with Crippen LogP contribution >= 0.6 is 11.3 Å². The molecule has 0 fully saturated rings. The molecule has 5 nitrogen and oxygen atoms in total. The van der Waals surface area contributed by atoms with Crippen molar-refractivity contribution in [2.75, 3.05) is 6.54 Å². The Bertz CT molecular complexity index is 820. The van der Waals surface area contributed by atoms with Gasteiger partial charge in [-0.1, -0.05) is 17.7 Å². The summed E-state index contributed by atoms with van der Waals surface area (Å²) in [6.07, 6.45) is 5.42. The summed E-state index contributed by atoms with van der Waals surface area (Å²) in [5.41, 5.74) is 5.47. The van der Waals surface area contributed by atoms with Gasteiger partial charge in [0.25, 0.3) is 0 Å². The summed E-state index contributed by atoms with van der Waals surface area (Å²) in [5.74, 6) is 0.449. The number of oxazole rings is 1. The van der Waals surface area contributed by atoms with Crippen LogP contribution in [0.4, 0.5) is 0 Å². The fourth-order valence-corrected chi connectivity index (χ4v) is 2.61. The number of thiazole rings is 1. The van der Waals surface area contributed by atoms with Gasteiger partial charge >= 0.3 is 0 Å². The van der Waals surface area contributed by atoms with Crippen LogP contribution in [0, 0.1) is 6.92 Å². The molecule has 0 radical (unpaired) electrons. The van der Waals surface area contributed by atoms with Crippen molar-refractivity contribution in [2.45, 2.75) is 13.3 Å². The van der Waals surface area contributed by atoms with Crippen molar-refractivity contribution >= 4 is 23.3 Å². The zero-order chi connectivity index (χ0) is 16.8. The van der Waals surface area contributed by atoms with Crippen molar-refractivity contribution in [2.24, 2.45) is 0 Å². The highest BCUT2D eigenvalue weighted by Crippen LogP contribution is 2.19. The van der Waals surface area contributed by atoms with E-state index >= 15 is 0 Å². The van der Waals surface area contributed by atoms with Crippen LogP contribution in [-0.4, -0.2) is 22.4 Å². The third-order valence-corrected chi connectivity index (χ3v) is 3.99. The molecule has 1 aromatic carbocycles.